The van der Waals surface area contributed by atoms with E-state index in [2.05, 4.69) is 0 Å². The van der Waals surface area contributed by atoms with Crippen molar-refractivity contribution in [1.29, 1.82) is 0 Å². The number of hydrogen-bond acceptors (Lipinski definition) is 6. The zero-order valence-electron chi connectivity index (χ0n) is 8.74. The lowest BCUT2D eigenvalue weighted by Gasteiger charge is -2.14. The summed E-state index contributed by atoms with van der Waals surface area (Å²) in [4.78, 5) is 0. The van der Waals surface area contributed by atoms with E-state index in [4.69, 9.17) is 20.9 Å². The van der Waals surface area contributed by atoms with Gasteiger partial charge in [0.2, 0.25) is 12.6 Å². The Morgan fingerprint density at radius 2 is 1.44 bits per heavy atom. The van der Waals surface area contributed by atoms with Crippen LogP contribution in [0.3, 0.4) is 0 Å². The molecule has 6 heteroatoms. The van der Waals surface area contributed by atoms with Crippen molar-refractivity contribution >= 4 is 0 Å². The van der Waals surface area contributed by atoms with E-state index in [1.165, 1.54) is 6.07 Å². The molecule has 0 aliphatic heterocycles. The smallest absolute Gasteiger partial charge is 0.209 e. The Bertz CT molecular complexity index is 294. The van der Waals surface area contributed by atoms with Gasteiger partial charge in [-0.15, -0.1) is 0 Å². The van der Waals surface area contributed by atoms with Crippen LogP contribution in [0.4, 0.5) is 0 Å². The van der Waals surface area contributed by atoms with Crippen molar-refractivity contribution < 1.29 is 19.7 Å². The molecule has 6 nitrogen and oxygen atoms in total. The molecule has 0 bridgehead atoms. The maximum absolute atomic E-state index is 9.17. The van der Waals surface area contributed by atoms with Crippen LogP contribution in [0.2, 0.25) is 0 Å². The molecule has 0 saturated carbocycles. The third-order valence-corrected chi connectivity index (χ3v) is 1.75. The van der Waals surface area contributed by atoms with Crippen molar-refractivity contribution in [1.82, 2.24) is 0 Å². The van der Waals surface area contributed by atoms with E-state index in [-0.39, 0.29) is 13.1 Å². The van der Waals surface area contributed by atoms with Crippen LogP contribution < -0.4 is 20.9 Å². The van der Waals surface area contributed by atoms with Gasteiger partial charge in [0.05, 0.1) is 13.1 Å². The molecule has 0 spiro atoms. The Morgan fingerprint density at radius 3 is 1.81 bits per heavy atom. The normalized spacial score (nSPS) is 14.2. The Kier molecular flexibility index (Phi) is 5.00. The molecule has 2 unspecified atom stereocenters. The van der Waals surface area contributed by atoms with E-state index >= 15 is 0 Å². The molecule has 0 saturated heterocycles. The average molecular weight is 228 g/mol. The first-order valence-corrected chi connectivity index (χ1v) is 4.85. The van der Waals surface area contributed by atoms with Crippen LogP contribution in [0.15, 0.2) is 24.3 Å². The monoisotopic (exact) mass is 228 g/mol. The molecular formula is C10H16N2O4. The standard InChI is InChI=1S/C10H16N2O4/c11-5-9(13)15-7-2-1-3-8(4-7)16-10(14)6-12/h1-4,9-10,13-14H,5-6,11-12H2. The Hall–Kier alpha value is -1.34. The van der Waals surface area contributed by atoms with Crippen LogP contribution in [0.25, 0.3) is 0 Å². The summed E-state index contributed by atoms with van der Waals surface area (Å²) in [5.41, 5.74) is 10.4. The van der Waals surface area contributed by atoms with Gasteiger partial charge in [-0.1, -0.05) is 6.07 Å². The summed E-state index contributed by atoms with van der Waals surface area (Å²) < 4.78 is 10.1. The highest BCUT2D eigenvalue weighted by Gasteiger charge is 2.06. The van der Waals surface area contributed by atoms with Crippen molar-refractivity contribution in [3.8, 4) is 11.5 Å². The molecule has 0 aliphatic carbocycles. The molecule has 0 aromatic heterocycles. The molecule has 1 rings (SSSR count). The van der Waals surface area contributed by atoms with E-state index < -0.39 is 12.6 Å². The Labute approximate surface area is 93.4 Å². The number of rotatable bonds is 6. The minimum Gasteiger partial charge on any atom is -0.464 e. The fraction of sp³-hybridized carbons (Fsp3) is 0.400. The fourth-order valence-corrected chi connectivity index (χ4v) is 1.03. The predicted octanol–water partition coefficient (Wildman–Crippen LogP) is -1.00. The number of ether oxygens (including phenoxy) is 2. The first kappa shape index (κ1) is 12.7. The summed E-state index contributed by atoms with van der Waals surface area (Å²) >= 11 is 0. The minimum atomic E-state index is -1.06. The summed E-state index contributed by atoms with van der Waals surface area (Å²) in [6, 6.07) is 6.47. The zero-order valence-corrected chi connectivity index (χ0v) is 8.74. The number of hydrogen-bond donors (Lipinski definition) is 4. The van der Waals surface area contributed by atoms with Crippen LogP contribution in [-0.4, -0.2) is 35.9 Å². The van der Waals surface area contributed by atoms with Crippen molar-refractivity contribution in [2.75, 3.05) is 13.1 Å². The molecule has 6 N–H and O–H groups in total. The van der Waals surface area contributed by atoms with Gasteiger partial charge in [-0.25, -0.2) is 0 Å². The molecule has 2 atom stereocenters. The van der Waals surface area contributed by atoms with Crippen molar-refractivity contribution in [2.24, 2.45) is 11.5 Å². The maximum Gasteiger partial charge on any atom is 0.209 e. The molecule has 16 heavy (non-hydrogen) atoms. The van der Waals surface area contributed by atoms with Gasteiger partial charge in [-0.05, 0) is 12.1 Å². The van der Waals surface area contributed by atoms with Gasteiger partial charge in [0.25, 0.3) is 0 Å². The number of benzene rings is 1. The van der Waals surface area contributed by atoms with Crippen molar-refractivity contribution in [3.05, 3.63) is 24.3 Å². The molecule has 0 fully saturated rings. The van der Waals surface area contributed by atoms with Gasteiger partial charge in [-0.3, -0.25) is 0 Å². The number of aliphatic hydroxyl groups excluding tert-OH is 2. The highest BCUT2D eigenvalue weighted by atomic mass is 16.6. The van der Waals surface area contributed by atoms with Gasteiger partial charge >= 0.3 is 0 Å². The third-order valence-electron chi connectivity index (χ3n) is 1.75. The van der Waals surface area contributed by atoms with Gasteiger partial charge in [0.1, 0.15) is 11.5 Å². The molecule has 1 aromatic carbocycles. The molecular weight excluding hydrogens is 212 g/mol. The lowest BCUT2D eigenvalue weighted by atomic mass is 10.3. The van der Waals surface area contributed by atoms with Crippen molar-refractivity contribution in [3.63, 3.8) is 0 Å². The SMILES string of the molecule is NCC(O)Oc1cccc(OC(O)CN)c1. The number of aliphatic hydroxyl groups is 2. The van der Waals surface area contributed by atoms with E-state index in [0.29, 0.717) is 11.5 Å². The van der Waals surface area contributed by atoms with E-state index in [1.807, 2.05) is 0 Å². The summed E-state index contributed by atoms with van der Waals surface area (Å²) in [6.07, 6.45) is -2.12. The minimum absolute atomic E-state index is 0.00346. The second-order valence-corrected chi connectivity index (χ2v) is 3.09. The largest absolute Gasteiger partial charge is 0.464 e. The fourth-order valence-electron chi connectivity index (χ4n) is 1.03. The van der Waals surface area contributed by atoms with Crippen LogP contribution in [0.1, 0.15) is 0 Å². The summed E-state index contributed by atoms with van der Waals surface area (Å²) in [7, 11) is 0. The third kappa shape index (κ3) is 4.03. The predicted molar refractivity (Wildman–Crippen MR) is 57.8 cm³/mol. The molecule has 0 radical (unpaired) electrons. The zero-order chi connectivity index (χ0) is 12.0. The van der Waals surface area contributed by atoms with Gasteiger partial charge in [-0.2, -0.15) is 0 Å². The van der Waals surface area contributed by atoms with Gasteiger partial charge in [0, 0.05) is 6.07 Å². The first-order valence-electron chi connectivity index (χ1n) is 4.85. The van der Waals surface area contributed by atoms with Crippen LogP contribution >= 0.6 is 0 Å². The molecule has 1 aromatic rings. The summed E-state index contributed by atoms with van der Waals surface area (Å²) in [5.74, 6) is 0.805. The highest BCUT2D eigenvalue weighted by Crippen LogP contribution is 2.20. The Balaban J connectivity index is 2.63. The second kappa shape index (κ2) is 6.29. The highest BCUT2D eigenvalue weighted by molar-refractivity contribution is 5.33. The lowest BCUT2D eigenvalue weighted by Crippen LogP contribution is -2.26. The molecule has 90 valence electrons. The molecule has 0 heterocycles. The first-order chi connectivity index (χ1) is 7.65. The van der Waals surface area contributed by atoms with E-state index in [1.54, 1.807) is 18.2 Å². The Morgan fingerprint density at radius 1 is 1.00 bits per heavy atom. The molecule has 0 aliphatic rings. The van der Waals surface area contributed by atoms with Crippen LogP contribution in [0, 0.1) is 0 Å². The summed E-state index contributed by atoms with van der Waals surface area (Å²) in [5, 5.41) is 18.3. The molecule has 0 amide bonds. The van der Waals surface area contributed by atoms with E-state index in [0.717, 1.165) is 0 Å². The van der Waals surface area contributed by atoms with Crippen LogP contribution in [0.5, 0.6) is 11.5 Å². The summed E-state index contributed by atoms with van der Waals surface area (Å²) in [6.45, 7) is -0.00693. The van der Waals surface area contributed by atoms with Crippen molar-refractivity contribution in [2.45, 2.75) is 12.6 Å². The number of nitrogens with two attached hydrogens (primary N) is 2. The maximum atomic E-state index is 9.17. The van der Waals surface area contributed by atoms with Gasteiger partial charge in [0.15, 0.2) is 0 Å². The average Bonchev–Trinajstić information content (AvgIpc) is 2.29. The van der Waals surface area contributed by atoms with E-state index in [9.17, 15) is 10.2 Å². The quantitative estimate of drug-likeness (QED) is 0.465. The lowest BCUT2D eigenvalue weighted by molar-refractivity contribution is -0.0135. The van der Waals surface area contributed by atoms with Crippen LogP contribution in [-0.2, 0) is 0 Å². The topological polar surface area (TPSA) is 111 Å². The second-order valence-electron chi connectivity index (χ2n) is 3.09. The van der Waals surface area contributed by atoms with Gasteiger partial charge < -0.3 is 31.2 Å².